The van der Waals surface area contributed by atoms with Crippen LogP contribution >= 0.6 is 0 Å². The van der Waals surface area contributed by atoms with Crippen molar-refractivity contribution in [3.05, 3.63) is 167 Å². The molecule has 0 N–H and O–H groups in total. The van der Waals surface area contributed by atoms with Crippen molar-refractivity contribution in [3.8, 4) is 0 Å². The first-order valence-electron chi connectivity index (χ1n) is 21.8. The maximum Gasteiger partial charge on any atom is 0.319 e. The largest absolute Gasteiger partial charge is 0.537 e. The van der Waals surface area contributed by atoms with Crippen molar-refractivity contribution in [3.63, 3.8) is 0 Å². The van der Waals surface area contributed by atoms with E-state index in [1.165, 1.54) is 95.7 Å². The molecule has 295 valence electrons. The van der Waals surface area contributed by atoms with Crippen LogP contribution in [0.1, 0.15) is 92.9 Å². The van der Waals surface area contributed by atoms with E-state index >= 15 is 0 Å². The van der Waals surface area contributed by atoms with Gasteiger partial charge in [0, 0.05) is 21.4 Å². The molecule has 0 spiro atoms. The zero-order valence-corrected chi connectivity index (χ0v) is 38.5. The molecule has 0 fully saturated rings. The van der Waals surface area contributed by atoms with Gasteiger partial charge in [-0.15, -0.1) is 0 Å². The van der Waals surface area contributed by atoms with E-state index in [-0.39, 0.29) is 19.6 Å². The highest BCUT2D eigenvalue weighted by Crippen LogP contribution is 2.49. The fourth-order valence-electron chi connectivity index (χ4n) is 10.7. The summed E-state index contributed by atoms with van der Waals surface area (Å²) in [4.78, 5) is 0. The lowest BCUT2D eigenvalue weighted by atomic mass is 9.89. The van der Waals surface area contributed by atoms with E-state index in [0.717, 1.165) is 0 Å². The third-order valence-electron chi connectivity index (χ3n) is 13.5. The minimum absolute atomic E-state index is 0.0667. The predicted octanol–water partition coefficient (Wildman–Crippen LogP) is 11.2. The van der Waals surface area contributed by atoms with Gasteiger partial charge in [0.1, 0.15) is 0 Å². The van der Waals surface area contributed by atoms with Gasteiger partial charge in [0.05, 0.1) is 11.5 Å². The minimum atomic E-state index is -2.75. The molecule has 1 radical (unpaired) electrons. The molecule has 4 aliphatic carbocycles. The van der Waals surface area contributed by atoms with Gasteiger partial charge in [-0.05, 0) is 118 Å². The van der Waals surface area contributed by atoms with Crippen LogP contribution in [0.25, 0.3) is 0 Å². The number of rotatable bonds is 12. The van der Waals surface area contributed by atoms with Crippen molar-refractivity contribution in [2.45, 2.75) is 115 Å². The van der Waals surface area contributed by atoms with E-state index in [1.807, 2.05) is 0 Å². The van der Waals surface area contributed by atoms with Gasteiger partial charge in [-0.1, -0.05) is 174 Å². The van der Waals surface area contributed by atoms with Crippen LogP contribution in [0.4, 0.5) is 0 Å². The summed E-state index contributed by atoms with van der Waals surface area (Å²) in [5, 5.41) is 5.31. The minimum Gasteiger partial charge on any atom is -0.537 e. The molecule has 0 aliphatic heterocycles. The highest BCUT2D eigenvalue weighted by atomic mass is 28.4. The van der Waals surface area contributed by atoms with Crippen LogP contribution in [0.3, 0.4) is 0 Å². The second-order valence-corrected chi connectivity index (χ2v) is 29.0. The smallest absolute Gasteiger partial charge is 0.319 e. The molecule has 0 bridgehead atoms. The average molecular weight is 804 g/mol. The highest BCUT2D eigenvalue weighted by molar-refractivity contribution is 7.00. The monoisotopic (exact) mass is 803 g/mol. The molecule has 2 unspecified atom stereocenters. The number of hydrogen-bond acceptors (Lipinski definition) is 2. The lowest BCUT2D eigenvalue weighted by Crippen LogP contribution is -2.66. The zero-order valence-electron chi connectivity index (χ0n) is 35.3. The molecule has 0 saturated heterocycles. The Kier molecular flexibility index (Phi) is 11.5. The standard InChI is InChI=1S/C52H63O2Si3/c1-51(2,3)56(41-25-11-7-12-26-41,42-27-13-8-14-28-42)53-49-35-39-23-19-21-33-45(39)47(49)37-55-38-48-46-34-22-20-24-40(46)36-50(48)54-57(52(4,5)6,43-29-15-9-16-30-43)44-31-17-10-18-32-44/h7-18,25-32,35-36,47-48,55H,19-24,33-34,37-38H2,1-6H3. The Morgan fingerprint density at radius 3 is 1.05 bits per heavy atom. The molecule has 4 aromatic carbocycles. The van der Waals surface area contributed by atoms with Crippen molar-refractivity contribution >= 4 is 46.9 Å². The second kappa shape index (κ2) is 16.4. The van der Waals surface area contributed by atoms with Crippen molar-refractivity contribution in [2.24, 2.45) is 11.8 Å². The van der Waals surface area contributed by atoms with E-state index in [1.54, 1.807) is 22.3 Å². The fraction of sp³-hybridized carbons (Fsp3) is 0.385. The molecule has 0 heterocycles. The molecule has 0 amide bonds. The van der Waals surface area contributed by atoms with Crippen LogP contribution in [0.5, 0.6) is 0 Å². The molecule has 0 aromatic heterocycles. The Morgan fingerprint density at radius 2 is 0.754 bits per heavy atom. The first-order chi connectivity index (χ1) is 27.5. The topological polar surface area (TPSA) is 18.5 Å². The van der Waals surface area contributed by atoms with Crippen LogP contribution in [0.15, 0.2) is 167 Å². The quantitative estimate of drug-likeness (QED) is 0.133. The normalized spacial score (nSPS) is 20.2. The van der Waals surface area contributed by atoms with E-state index in [2.05, 4.69) is 175 Å². The van der Waals surface area contributed by atoms with Crippen LogP contribution in [0, 0.1) is 11.8 Å². The summed E-state index contributed by atoms with van der Waals surface area (Å²) in [6.07, 6.45) is 15.0. The molecule has 5 heteroatoms. The van der Waals surface area contributed by atoms with Crippen LogP contribution < -0.4 is 20.7 Å². The van der Waals surface area contributed by atoms with E-state index in [9.17, 15) is 0 Å². The average Bonchev–Trinajstić information content (AvgIpc) is 3.76. The molecule has 8 rings (SSSR count). The third kappa shape index (κ3) is 7.49. The number of benzene rings is 4. The maximum absolute atomic E-state index is 7.90. The fourth-order valence-corrected chi connectivity index (χ4v) is 21.6. The molecular formula is C52H63O2Si3. The maximum atomic E-state index is 7.90. The molecule has 2 atom stereocenters. The van der Waals surface area contributed by atoms with E-state index < -0.39 is 16.6 Å². The van der Waals surface area contributed by atoms with Gasteiger partial charge in [-0.2, -0.15) is 0 Å². The molecule has 2 nitrogen and oxygen atoms in total. The summed E-state index contributed by atoms with van der Waals surface area (Å²) in [5.74, 6) is 3.27. The van der Waals surface area contributed by atoms with Crippen molar-refractivity contribution in [2.75, 3.05) is 0 Å². The Bertz CT molecular complexity index is 1900. The lowest BCUT2D eigenvalue weighted by molar-refractivity contribution is 0.352. The van der Waals surface area contributed by atoms with Crippen LogP contribution in [-0.2, 0) is 8.85 Å². The summed E-state index contributed by atoms with van der Waals surface area (Å²) in [5.41, 5.74) is 6.52. The molecule has 57 heavy (non-hydrogen) atoms. The van der Waals surface area contributed by atoms with E-state index in [0.29, 0.717) is 11.8 Å². The molecule has 4 aliphatic rings. The second-order valence-electron chi connectivity index (χ2n) is 19.0. The summed E-state index contributed by atoms with van der Waals surface area (Å²) in [7, 11) is -5.34. The van der Waals surface area contributed by atoms with Crippen LogP contribution in [-0.4, -0.2) is 26.2 Å². The lowest BCUT2D eigenvalue weighted by Gasteiger charge is -2.44. The van der Waals surface area contributed by atoms with Crippen molar-refractivity contribution in [1.82, 2.24) is 0 Å². The first kappa shape index (κ1) is 39.9. The highest BCUT2D eigenvalue weighted by Gasteiger charge is 2.55. The van der Waals surface area contributed by atoms with Gasteiger partial charge in [0.25, 0.3) is 0 Å². The molecule has 4 aromatic rings. The molecular weight excluding hydrogens is 741 g/mol. The van der Waals surface area contributed by atoms with Gasteiger partial charge in [-0.3, -0.25) is 0 Å². The third-order valence-corrected chi connectivity index (χ3v) is 25.0. The Hall–Kier alpha value is -3.91. The number of hydrogen-bond donors (Lipinski definition) is 0. The number of allylic oxidation sites excluding steroid dienone is 6. The SMILES string of the molecule is CC(C)(C)[Si](OC1=CC2=C(CCCC2)C1C[SiH]CC1C(O[Si](c2ccccc2)(c2ccccc2)C(C)(C)C)=CC2=C1CCCC2)(c1ccccc1)c1ccccc1. The Labute approximate surface area is 348 Å². The van der Waals surface area contributed by atoms with Gasteiger partial charge < -0.3 is 8.85 Å². The van der Waals surface area contributed by atoms with Gasteiger partial charge in [-0.25, -0.2) is 0 Å². The first-order valence-corrected chi connectivity index (χ1v) is 27.3. The summed E-state index contributed by atoms with van der Waals surface area (Å²) in [6, 6.07) is 47.3. The van der Waals surface area contributed by atoms with Gasteiger partial charge >= 0.3 is 16.6 Å². The van der Waals surface area contributed by atoms with Gasteiger partial charge in [0.2, 0.25) is 0 Å². The molecule has 0 saturated carbocycles. The van der Waals surface area contributed by atoms with Crippen molar-refractivity contribution < 1.29 is 8.85 Å². The Balaban J connectivity index is 1.12. The predicted molar refractivity (Wildman–Crippen MR) is 248 cm³/mol. The summed E-state index contributed by atoms with van der Waals surface area (Å²) < 4.78 is 15.8. The van der Waals surface area contributed by atoms with Crippen molar-refractivity contribution in [1.29, 1.82) is 0 Å². The Morgan fingerprint density at radius 1 is 0.456 bits per heavy atom. The zero-order chi connectivity index (χ0) is 39.7. The summed E-state index contributed by atoms with van der Waals surface area (Å²) in [6.45, 7) is 14.5. The van der Waals surface area contributed by atoms with Crippen LogP contribution in [0.2, 0.25) is 22.2 Å². The van der Waals surface area contributed by atoms with E-state index in [4.69, 9.17) is 8.85 Å². The summed E-state index contributed by atoms with van der Waals surface area (Å²) >= 11 is 0. The van der Waals surface area contributed by atoms with Gasteiger partial charge in [0.15, 0.2) is 0 Å².